The lowest BCUT2D eigenvalue weighted by Gasteiger charge is -1.95. The molecule has 0 aliphatic carbocycles. The number of carbonyl (C=O) groups excluding carboxylic acids is 2. The molecule has 0 unspecified atom stereocenters. The first-order valence-electron chi connectivity index (χ1n) is 3.12. The minimum atomic E-state index is -0.607. The Balaban J connectivity index is 3.20. The molecule has 0 aliphatic heterocycles. The molecule has 2 N–H and O–H groups in total. The summed E-state index contributed by atoms with van der Waals surface area (Å²) in [5.41, 5.74) is 6.51. The van der Waals surface area contributed by atoms with Gasteiger partial charge in [-0.15, -0.1) is 0 Å². The molecule has 4 heteroatoms. The van der Waals surface area contributed by atoms with E-state index in [2.05, 4.69) is 5.32 Å². The van der Waals surface area contributed by atoms with Gasteiger partial charge in [-0.1, -0.05) is 0 Å². The van der Waals surface area contributed by atoms with Gasteiger partial charge in [-0.2, -0.15) is 0 Å². The average Bonchev–Trinajstić information content (AvgIpc) is 1.87. The second-order valence-electron chi connectivity index (χ2n) is 1.95. The number of rotatable bonds is 4. The summed E-state index contributed by atoms with van der Waals surface area (Å²) in [6.45, 7) is 0. The molecular weight excluding hydrogens is 132 g/mol. The van der Waals surface area contributed by atoms with Crippen molar-refractivity contribution < 1.29 is 9.59 Å². The van der Waals surface area contributed by atoms with E-state index in [1.165, 1.54) is 0 Å². The lowest BCUT2D eigenvalue weighted by atomic mass is 10.2. The summed E-state index contributed by atoms with van der Waals surface area (Å²) in [6, 6.07) is 0. The van der Waals surface area contributed by atoms with Crippen LogP contribution in [0.2, 0.25) is 0 Å². The van der Waals surface area contributed by atoms with E-state index < -0.39 is 5.91 Å². The quantitative estimate of drug-likeness (QED) is 0.587. The van der Waals surface area contributed by atoms with Gasteiger partial charge in [0.15, 0.2) is 0 Å². The second-order valence-corrected chi connectivity index (χ2v) is 1.95. The largest absolute Gasteiger partial charge is 0.359 e. The van der Waals surface area contributed by atoms with Crippen LogP contribution in [-0.2, 0) is 9.59 Å². The smallest absolute Gasteiger partial charge is 0.238 e. The van der Waals surface area contributed by atoms with Crippen molar-refractivity contribution in [1.82, 2.24) is 11.1 Å². The Morgan fingerprint density at radius 3 is 2.40 bits per heavy atom. The molecule has 57 valence electrons. The lowest BCUT2D eigenvalue weighted by Crippen LogP contribution is -2.17. The number of nitrogens with one attached hydrogen (secondary N) is 2. The zero-order valence-electron chi connectivity index (χ0n) is 5.94. The molecule has 0 heterocycles. The van der Waals surface area contributed by atoms with Crippen LogP contribution < -0.4 is 11.1 Å². The van der Waals surface area contributed by atoms with Gasteiger partial charge < -0.3 is 5.32 Å². The van der Waals surface area contributed by atoms with Gasteiger partial charge in [-0.25, -0.2) is 0 Å². The highest BCUT2D eigenvalue weighted by molar-refractivity contribution is 5.77. The van der Waals surface area contributed by atoms with Crippen molar-refractivity contribution in [3.63, 3.8) is 0 Å². The first kappa shape index (κ1) is 8.94. The number of carbonyl (C=O) groups is 2. The molecular formula is C6H11N2O2. The minimum absolute atomic E-state index is 0.0822. The normalized spacial score (nSPS) is 8.90. The van der Waals surface area contributed by atoms with E-state index in [1.54, 1.807) is 7.05 Å². The van der Waals surface area contributed by atoms with Gasteiger partial charge in [-0.05, 0) is 6.42 Å². The van der Waals surface area contributed by atoms with E-state index >= 15 is 0 Å². The summed E-state index contributed by atoms with van der Waals surface area (Å²) in [5.74, 6) is -0.690. The van der Waals surface area contributed by atoms with Crippen molar-refractivity contribution in [3.05, 3.63) is 0 Å². The molecule has 10 heavy (non-hydrogen) atoms. The molecule has 0 aromatic carbocycles. The van der Waals surface area contributed by atoms with E-state index in [4.69, 9.17) is 5.73 Å². The fourth-order valence-electron chi connectivity index (χ4n) is 0.535. The standard InChI is InChI=1S/C6H11N2O2/c1-8-6(10)4-2-3-5(7)9/h7H,2-4H2,1H3,(H,8,10). The molecule has 2 amide bonds. The number of amides is 2. The average molecular weight is 143 g/mol. The molecule has 0 saturated carbocycles. The monoisotopic (exact) mass is 143 g/mol. The zero-order valence-corrected chi connectivity index (χ0v) is 5.94. The molecule has 0 fully saturated rings. The predicted molar refractivity (Wildman–Crippen MR) is 36.0 cm³/mol. The van der Waals surface area contributed by atoms with E-state index in [0.29, 0.717) is 12.8 Å². The third-order valence-electron chi connectivity index (χ3n) is 1.09. The predicted octanol–water partition coefficient (Wildman–Crippen LogP) is -0.288. The van der Waals surface area contributed by atoms with E-state index in [-0.39, 0.29) is 12.3 Å². The molecule has 0 aliphatic rings. The van der Waals surface area contributed by atoms with E-state index in [1.807, 2.05) is 0 Å². The third kappa shape index (κ3) is 5.08. The molecule has 0 aromatic heterocycles. The van der Waals surface area contributed by atoms with E-state index in [9.17, 15) is 9.59 Å². The highest BCUT2D eigenvalue weighted by Crippen LogP contribution is 1.93. The highest BCUT2D eigenvalue weighted by Gasteiger charge is 1.99. The van der Waals surface area contributed by atoms with Crippen LogP contribution >= 0.6 is 0 Å². The lowest BCUT2D eigenvalue weighted by molar-refractivity contribution is -0.121. The van der Waals surface area contributed by atoms with Gasteiger partial charge in [0.25, 0.3) is 0 Å². The van der Waals surface area contributed by atoms with Gasteiger partial charge >= 0.3 is 0 Å². The topological polar surface area (TPSA) is 70.0 Å². The Morgan fingerprint density at radius 2 is 2.00 bits per heavy atom. The maximum atomic E-state index is 10.5. The van der Waals surface area contributed by atoms with Gasteiger partial charge in [0, 0.05) is 19.9 Å². The fourth-order valence-corrected chi connectivity index (χ4v) is 0.535. The van der Waals surface area contributed by atoms with Crippen molar-refractivity contribution in [2.75, 3.05) is 7.05 Å². The summed E-state index contributed by atoms with van der Waals surface area (Å²) in [5, 5.41) is 2.43. The van der Waals surface area contributed by atoms with Crippen molar-refractivity contribution in [1.29, 1.82) is 0 Å². The third-order valence-corrected chi connectivity index (χ3v) is 1.09. The highest BCUT2D eigenvalue weighted by atomic mass is 16.2. The molecule has 0 saturated heterocycles. The molecule has 0 spiro atoms. The van der Waals surface area contributed by atoms with Crippen molar-refractivity contribution >= 4 is 11.8 Å². The van der Waals surface area contributed by atoms with Gasteiger partial charge in [0.05, 0.1) is 0 Å². The minimum Gasteiger partial charge on any atom is -0.359 e. The Hall–Kier alpha value is -1.06. The van der Waals surface area contributed by atoms with Crippen LogP contribution in [0.4, 0.5) is 0 Å². The number of hydrogen-bond donors (Lipinski definition) is 1. The van der Waals surface area contributed by atoms with Gasteiger partial charge in [0.1, 0.15) is 0 Å². The summed E-state index contributed by atoms with van der Waals surface area (Å²) < 4.78 is 0. The van der Waals surface area contributed by atoms with E-state index in [0.717, 1.165) is 0 Å². The fraction of sp³-hybridized carbons (Fsp3) is 0.667. The molecule has 0 bridgehead atoms. The van der Waals surface area contributed by atoms with Crippen molar-refractivity contribution in [3.8, 4) is 0 Å². The SMILES string of the molecule is CNC(=O)CCCC([NH])=O. The second kappa shape index (κ2) is 4.78. The van der Waals surface area contributed by atoms with Crippen LogP contribution in [0, 0.1) is 0 Å². The maximum absolute atomic E-state index is 10.5. The van der Waals surface area contributed by atoms with Crippen LogP contribution in [0.15, 0.2) is 0 Å². The summed E-state index contributed by atoms with van der Waals surface area (Å²) >= 11 is 0. The molecule has 1 radical (unpaired) electrons. The first-order valence-corrected chi connectivity index (χ1v) is 3.12. The van der Waals surface area contributed by atoms with Crippen LogP contribution in [0.3, 0.4) is 0 Å². The van der Waals surface area contributed by atoms with Gasteiger partial charge in [-0.3, -0.25) is 15.3 Å². The molecule has 0 atom stereocenters. The summed E-state index contributed by atoms with van der Waals surface area (Å²) in [7, 11) is 1.55. The van der Waals surface area contributed by atoms with Crippen LogP contribution in [0.5, 0.6) is 0 Å². The Bertz CT molecular complexity index is 134. The number of hydrogen-bond acceptors (Lipinski definition) is 2. The molecule has 0 aromatic rings. The van der Waals surface area contributed by atoms with Crippen LogP contribution in [0.25, 0.3) is 0 Å². The Morgan fingerprint density at radius 1 is 1.40 bits per heavy atom. The summed E-state index contributed by atoms with van der Waals surface area (Å²) in [4.78, 5) is 20.6. The van der Waals surface area contributed by atoms with Crippen molar-refractivity contribution in [2.45, 2.75) is 19.3 Å². The molecule has 4 nitrogen and oxygen atoms in total. The maximum Gasteiger partial charge on any atom is 0.238 e. The van der Waals surface area contributed by atoms with Crippen molar-refractivity contribution in [2.24, 2.45) is 0 Å². The van der Waals surface area contributed by atoms with Crippen LogP contribution in [-0.4, -0.2) is 18.9 Å². The Labute approximate surface area is 59.8 Å². The van der Waals surface area contributed by atoms with Crippen LogP contribution in [0.1, 0.15) is 19.3 Å². The van der Waals surface area contributed by atoms with Gasteiger partial charge in [0.2, 0.25) is 11.8 Å². The molecule has 0 rings (SSSR count). The first-order chi connectivity index (χ1) is 4.66. The zero-order chi connectivity index (χ0) is 7.98. The summed E-state index contributed by atoms with van der Waals surface area (Å²) in [6.07, 6.45) is 0.983. The Kier molecular flexibility index (Phi) is 4.28.